The lowest BCUT2D eigenvalue weighted by Gasteiger charge is -2.38. The molecule has 2 atom stereocenters. The van der Waals surface area contributed by atoms with Crippen LogP contribution in [0.25, 0.3) is 0 Å². The van der Waals surface area contributed by atoms with Gasteiger partial charge in [-0.2, -0.15) is 0 Å². The molecule has 1 aromatic rings. The van der Waals surface area contributed by atoms with Crippen LogP contribution >= 0.6 is 11.3 Å². The molecule has 96 valence electrons. The highest BCUT2D eigenvalue weighted by Crippen LogP contribution is 2.31. The van der Waals surface area contributed by atoms with Gasteiger partial charge in [0.15, 0.2) is 5.13 Å². The fourth-order valence-corrected chi connectivity index (χ4v) is 3.58. The molecule has 0 radical (unpaired) electrons. The minimum Gasteiger partial charge on any atom is -0.344 e. The van der Waals surface area contributed by atoms with Gasteiger partial charge in [0.2, 0.25) is 0 Å². The zero-order chi connectivity index (χ0) is 12.3. The third kappa shape index (κ3) is 2.80. The number of nitrogens with zero attached hydrogens (tertiary/aromatic N) is 2. The minimum absolute atomic E-state index is 0.490. The monoisotopic (exact) mass is 253 g/mol. The summed E-state index contributed by atoms with van der Waals surface area (Å²) in [6, 6.07) is 0.490. The summed E-state index contributed by atoms with van der Waals surface area (Å²) in [6.45, 7) is 6.31. The second kappa shape index (κ2) is 5.83. The van der Waals surface area contributed by atoms with Gasteiger partial charge >= 0.3 is 0 Å². The van der Waals surface area contributed by atoms with E-state index in [2.05, 4.69) is 24.1 Å². The van der Waals surface area contributed by atoms with Crippen LogP contribution in [-0.2, 0) is 6.42 Å². The van der Waals surface area contributed by atoms with E-state index < -0.39 is 0 Å². The summed E-state index contributed by atoms with van der Waals surface area (Å²) < 4.78 is 0. The Hall–Kier alpha value is -0.610. The highest BCUT2D eigenvalue weighted by Gasteiger charge is 2.28. The maximum absolute atomic E-state index is 5.92. The summed E-state index contributed by atoms with van der Waals surface area (Å²) in [5, 5.41) is 3.35. The van der Waals surface area contributed by atoms with Crippen LogP contribution in [0, 0.1) is 5.92 Å². The van der Waals surface area contributed by atoms with Gasteiger partial charge < -0.3 is 10.6 Å². The first-order valence-corrected chi connectivity index (χ1v) is 7.57. The Morgan fingerprint density at radius 2 is 2.35 bits per heavy atom. The summed E-state index contributed by atoms with van der Waals surface area (Å²) in [5.74, 6) is 0.852. The van der Waals surface area contributed by atoms with E-state index in [4.69, 9.17) is 10.7 Å². The minimum atomic E-state index is 0.490. The average Bonchev–Trinajstić information content (AvgIpc) is 2.86. The number of aromatic nitrogens is 1. The van der Waals surface area contributed by atoms with Gasteiger partial charge in [0, 0.05) is 24.5 Å². The maximum Gasteiger partial charge on any atom is 0.185 e. The van der Waals surface area contributed by atoms with Crippen molar-refractivity contribution in [3.63, 3.8) is 0 Å². The van der Waals surface area contributed by atoms with E-state index in [0.29, 0.717) is 6.04 Å². The highest BCUT2D eigenvalue weighted by atomic mass is 32.1. The lowest BCUT2D eigenvalue weighted by molar-refractivity contribution is 0.335. The largest absolute Gasteiger partial charge is 0.344 e. The van der Waals surface area contributed by atoms with Crippen molar-refractivity contribution < 1.29 is 0 Å². The molecular formula is C13H23N3S. The molecule has 2 heterocycles. The van der Waals surface area contributed by atoms with E-state index in [1.165, 1.54) is 30.1 Å². The summed E-state index contributed by atoms with van der Waals surface area (Å²) >= 11 is 1.77. The number of nitrogens with two attached hydrogens (primary N) is 1. The molecule has 0 saturated carbocycles. The lowest BCUT2D eigenvalue weighted by atomic mass is 9.89. The van der Waals surface area contributed by atoms with Crippen LogP contribution in [0.3, 0.4) is 0 Å². The van der Waals surface area contributed by atoms with E-state index in [9.17, 15) is 0 Å². The van der Waals surface area contributed by atoms with Crippen molar-refractivity contribution in [3.05, 3.63) is 11.1 Å². The molecule has 0 amide bonds. The van der Waals surface area contributed by atoms with Crippen molar-refractivity contribution >= 4 is 16.5 Å². The zero-order valence-electron chi connectivity index (χ0n) is 10.9. The molecule has 1 aliphatic heterocycles. The van der Waals surface area contributed by atoms with Crippen molar-refractivity contribution in [1.29, 1.82) is 0 Å². The van der Waals surface area contributed by atoms with E-state index in [1.54, 1.807) is 11.3 Å². The zero-order valence-corrected chi connectivity index (χ0v) is 11.7. The molecule has 2 N–H and O–H groups in total. The quantitative estimate of drug-likeness (QED) is 0.897. The summed E-state index contributed by atoms with van der Waals surface area (Å²) in [6.07, 6.45) is 4.82. The van der Waals surface area contributed by atoms with E-state index in [1.807, 2.05) is 0 Å². The van der Waals surface area contributed by atoms with Crippen LogP contribution in [0.15, 0.2) is 5.38 Å². The molecule has 1 aromatic heterocycles. The van der Waals surface area contributed by atoms with Gasteiger partial charge in [0.1, 0.15) is 0 Å². The first-order chi connectivity index (χ1) is 8.28. The van der Waals surface area contributed by atoms with Gasteiger partial charge in [-0.3, -0.25) is 0 Å². The van der Waals surface area contributed by atoms with Crippen molar-refractivity contribution in [1.82, 2.24) is 4.98 Å². The maximum atomic E-state index is 5.92. The van der Waals surface area contributed by atoms with Gasteiger partial charge in [-0.15, -0.1) is 11.3 Å². The molecule has 1 fully saturated rings. The SMILES string of the molecule is CCc1csc(N2CCC(CC)CC2CN)n1. The molecule has 0 aliphatic carbocycles. The van der Waals surface area contributed by atoms with Crippen LogP contribution in [0.1, 0.15) is 38.8 Å². The van der Waals surface area contributed by atoms with E-state index in [0.717, 1.165) is 25.4 Å². The smallest absolute Gasteiger partial charge is 0.185 e. The van der Waals surface area contributed by atoms with Crippen LogP contribution in [0.5, 0.6) is 0 Å². The molecule has 17 heavy (non-hydrogen) atoms. The number of thiazole rings is 1. The first kappa shape index (κ1) is 12.8. The predicted molar refractivity (Wildman–Crippen MR) is 74.7 cm³/mol. The average molecular weight is 253 g/mol. The molecule has 1 saturated heterocycles. The molecule has 0 bridgehead atoms. The summed E-state index contributed by atoms with van der Waals surface area (Å²) in [4.78, 5) is 7.12. The van der Waals surface area contributed by atoms with Crippen molar-refractivity contribution in [2.45, 2.75) is 45.6 Å². The lowest BCUT2D eigenvalue weighted by Crippen LogP contribution is -2.46. The molecule has 2 rings (SSSR count). The highest BCUT2D eigenvalue weighted by molar-refractivity contribution is 7.13. The first-order valence-electron chi connectivity index (χ1n) is 6.69. The molecule has 2 unspecified atom stereocenters. The topological polar surface area (TPSA) is 42.1 Å². The van der Waals surface area contributed by atoms with Crippen molar-refractivity contribution in [3.8, 4) is 0 Å². The van der Waals surface area contributed by atoms with E-state index in [-0.39, 0.29) is 0 Å². The standard InChI is InChI=1S/C13H23N3S/c1-3-10-5-6-16(12(7-10)8-14)13-15-11(4-2)9-17-13/h9-10,12H,3-8,14H2,1-2H3. The Morgan fingerprint density at radius 3 is 2.94 bits per heavy atom. The van der Waals surface area contributed by atoms with Crippen LogP contribution < -0.4 is 10.6 Å². The number of aryl methyl sites for hydroxylation is 1. The van der Waals surface area contributed by atoms with Crippen molar-refractivity contribution in [2.75, 3.05) is 18.0 Å². The van der Waals surface area contributed by atoms with Crippen LogP contribution in [0.4, 0.5) is 5.13 Å². The Kier molecular flexibility index (Phi) is 4.40. The Labute approximate surface area is 108 Å². The third-order valence-corrected chi connectivity index (χ3v) is 4.75. The van der Waals surface area contributed by atoms with Crippen LogP contribution in [0.2, 0.25) is 0 Å². The second-order valence-electron chi connectivity index (χ2n) is 4.86. The third-order valence-electron chi connectivity index (χ3n) is 3.82. The fourth-order valence-electron chi connectivity index (χ4n) is 2.57. The predicted octanol–water partition coefficient (Wildman–Crippen LogP) is 2.66. The molecule has 0 aromatic carbocycles. The molecule has 1 aliphatic rings. The molecule has 3 nitrogen and oxygen atoms in total. The fraction of sp³-hybridized carbons (Fsp3) is 0.769. The molecule has 0 spiro atoms. The summed E-state index contributed by atoms with van der Waals surface area (Å²) in [5.41, 5.74) is 7.13. The van der Waals surface area contributed by atoms with E-state index >= 15 is 0 Å². The number of anilines is 1. The number of hydrogen-bond donors (Lipinski definition) is 1. The number of rotatable bonds is 4. The van der Waals surface area contributed by atoms with Gasteiger partial charge in [0.25, 0.3) is 0 Å². The Balaban J connectivity index is 2.09. The second-order valence-corrected chi connectivity index (χ2v) is 5.69. The Bertz CT molecular complexity index is 350. The van der Waals surface area contributed by atoms with Gasteiger partial charge in [-0.1, -0.05) is 20.3 Å². The normalized spacial score (nSPS) is 25.2. The molecule has 4 heteroatoms. The van der Waals surface area contributed by atoms with Crippen LogP contribution in [-0.4, -0.2) is 24.1 Å². The number of hydrogen-bond acceptors (Lipinski definition) is 4. The van der Waals surface area contributed by atoms with Gasteiger partial charge in [-0.05, 0) is 25.2 Å². The van der Waals surface area contributed by atoms with Gasteiger partial charge in [0.05, 0.1) is 5.69 Å². The Morgan fingerprint density at radius 1 is 1.53 bits per heavy atom. The van der Waals surface area contributed by atoms with Gasteiger partial charge in [-0.25, -0.2) is 4.98 Å². The molecular weight excluding hydrogens is 230 g/mol. The van der Waals surface area contributed by atoms with Crippen molar-refractivity contribution in [2.24, 2.45) is 11.7 Å². The number of piperidine rings is 1. The summed E-state index contributed by atoms with van der Waals surface area (Å²) in [7, 11) is 0.